The van der Waals surface area contributed by atoms with E-state index in [2.05, 4.69) is 27.7 Å². The minimum atomic E-state index is 0.109. The van der Waals surface area contributed by atoms with E-state index in [1.54, 1.807) is 0 Å². The molecule has 0 aliphatic heterocycles. The maximum atomic E-state index is 10.9. The van der Waals surface area contributed by atoms with Gasteiger partial charge in [-0.1, -0.05) is 26.3 Å². The van der Waals surface area contributed by atoms with Gasteiger partial charge in [0.1, 0.15) is 6.29 Å². The molecule has 68 valence electrons. The summed E-state index contributed by atoms with van der Waals surface area (Å²) in [7, 11) is 0. The predicted octanol–water partition coefficient (Wildman–Crippen LogP) is 2.96. The zero-order chi connectivity index (χ0) is 9.35. The van der Waals surface area contributed by atoms with E-state index in [4.69, 9.17) is 0 Å². The highest BCUT2D eigenvalue weighted by Gasteiger charge is 2.30. The number of hydrogen-bond acceptors (Lipinski definition) is 1. The van der Waals surface area contributed by atoms with Crippen LogP contribution in [-0.2, 0) is 4.79 Å². The topological polar surface area (TPSA) is 17.1 Å². The lowest BCUT2D eigenvalue weighted by Gasteiger charge is -2.34. The number of aldehydes is 1. The average Bonchev–Trinajstić information content (AvgIpc) is 1.99. The summed E-state index contributed by atoms with van der Waals surface area (Å²) >= 11 is 0. The molecule has 0 saturated carbocycles. The third kappa shape index (κ3) is 1.45. The molecule has 0 amide bonds. The average molecular weight is 166 g/mol. The first-order valence-electron chi connectivity index (χ1n) is 4.65. The molecule has 1 atom stereocenters. The maximum Gasteiger partial charge on any atom is 0.146 e. The molecule has 0 saturated heterocycles. The number of rotatable bonds is 1. The Hall–Kier alpha value is -0.590. The second kappa shape index (κ2) is 3.04. The van der Waals surface area contributed by atoms with Crippen LogP contribution in [-0.4, -0.2) is 6.29 Å². The zero-order valence-electron chi connectivity index (χ0n) is 8.48. The molecule has 0 N–H and O–H groups in total. The summed E-state index contributed by atoms with van der Waals surface area (Å²) in [6.07, 6.45) is 3.40. The number of hydrogen-bond donors (Lipinski definition) is 0. The van der Waals surface area contributed by atoms with Gasteiger partial charge in [0.15, 0.2) is 0 Å². The highest BCUT2D eigenvalue weighted by molar-refractivity contribution is 5.77. The van der Waals surface area contributed by atoms with Gasteiger partial charge in [-0.15, -0.1) is 0 Å². The van der Waals surface area contributed by atoms with Crippen molar-refractivity contribution in [2.24, 2.45) is 11.3 Å². The largest absolute Gasteiger partial charge is 0.298 e. The van der Waals surface area contributed by atoms with Gasteiger partial charge < -0.3 is 0 Å². The van der Waals surface area contributed by atoms with E-state index in [0.717, 1.165) is 18.3 Å². The number of carbonyl (C=O) groups excluding carboxylic acids is 1. The molecule has 1 aliphatic carbocycles. The van der Waals surface area contributed by atoms with Crippen molar-refractivity contribution in [3.63, 3.8) is 0 Å². The van der Waals surface area contributed by atoms with Crippen LogP contribution in [0.15, 0.2) is 11.1 Å². The first kappa shape index (κ1) is 9.50. The molecule has 12 heavy (non-hydrogen) atoms. The molecule has 0 aromatic heterocycles. The molecule has 0 bridgehead atoms. The Morgan fingerprint density at radius 2 is 2.08 bits per heavy atom. The Bertz CT molecular complexity index is 223. The fourth-order valence-electron chi connectivity index (χ4n) is 1.98. The van der Waals surface area contributed by atoms with Crippen LogP contribution in [0.5, 0.6) is 0 Å². The molecule has 0 heterocycles. The minimum absolute atomic E-state index is 0.109. The van der Waals surface area contributed by atoms with Crippen LogP contribution in [0.25, 0.3) is 0 Å². The van der Waals surface area contributed by atoms with Crippen molar-refractivity contribution in [1.82, 2.24) is 0 Å². The van der Waals surface area contributed by atoms with Crippen LogP contribution in [0.3, 0.4) is 0 Å². The van der Waals surface area contributed by atoms with Crippen molar-refractivity contribution in [2.75, 3.05) is 0 Å². The van der Waals surface area contributed by atoms with Gasteiger partial charge >= 0.3 is 0 Å². The molecule has 0 radical (unpaired) electrons. The Labute approximate surface area is 74.9 Å². The van der Waals surface area contributed by atoms with Gasteiger partial charge in [-0.25, -0.2) is 0 Å². The van der Waals surface area contributed by atoms with Crippen molar-refractivity contribution < 1.29 is 4.79 Å². The maximum absolute atomic E-state index is 10.9. The van der Waals surface area contributed by atoms with Gasteiger partial charge in [-0.2, -0.15) is 0 Å². The molecular formula is C11H18O. The highest BCUT2D eigenvalue weighted by atomic mass is 16.1. The normalized spacial score (nSPS) is 28.8. The monoisotopic (exact) mass is 166 g/mol. The molecule has 0 fully saturated rings. The van der Waals surface area contributed by atoms with Crippen LogP contribution in [0.2, 0.25) is 0 Å². The molecule has 0 spiro atoms. The Balaban J connectivity index is 3.09. The summed E-state index contributed by atoms with van der Waals surface area (Å²) in [5, 5.41) is 0. The minimum Gasteiger partial charge on any atom is -0.298 e. The van der Waals surface area contributed by atoms with Gasteiger partial charge in [-0.05, 0) is 36.7 Å². The van der Waals surface area contributed by atoms with Crippen LogP contribution < -0.4 is 0 Å². The standard InChI is InChI=1S/C11H18O/c1-8-5-6-11(3,4)10(7-12)9(8)2/h7-8H,5-6H2,1-4H3. The number of allylic oxidation sites excluding steroid dienone is 2. The SMILES string of the molecule is CC1=C(C=O)C(C)(C)CCC1C. The molecular weight excluding hydrogens is 148 g/mol. The van der Waals surface area contributed by atoms with Crippen molar-refractivity contribution >= 4 is 6.29 Å². The lowest BCUT2D eigenvalue weighted by molar-refractivity contribution is -0.106. The highest BCUT2D eigenvalue weighted by Crippen LogP contribution is 2.41. The summed E-state index contributed by atoms with van der Waals surface area (Å²) in [5.41, 5.74) is 2.43. The molecule has 1 aliphatic rings. The van der Waals surface area contributed by atoms with Crippen molar-refractivity contribution in [2.45, 2.75) is 40.5 Å². The van der Waals surface area contributed by atoms with E-state index < -0.39 is 0 Å². The summed E-state index contributed by atoms with van der Waals surface area (Å²) in [6, 6.07) is 0. The predicted molar refractivity (Wildman–Crippen MR) is 50.9 cm³/mol. The van der Waals surface area contributed by atoms with E-state index in [0.29, 0.717) is 5.92 Å². The molecule has 0 aromatic rings. The molecule has 1 heteroatoms. The van der Waals surface area contributed by atoms with E-state index in [-0.39, 0.29) is 5.41 Å². The second-order valence-electron chi connectivity index (χ2n) is 4.54. The van der Waals surface area contributed by atoms with Crippen LogP contribution >= 0.6 is 0 Å². The lowest BCUT2D eigenvalue weighted by atomic mass is 9.70. The Morgan fingerprint density at radius 1 is 1.50 bits per heavy atom. The molecule has 1 unspecified atom stereocenters. The Kier molecular flexibility index (Phi) is 2.41. The quantitative estimate of drug-likeness (QED) is 0.547. The summed E-state index contributed by atoms with van der Waals surface area (Å²) < 4.78 is 0. The van der Waals surface area contributed by atoms with Gasteiger partial charge in [-0.3, -0.25) is 4.79 Å². The van der Waals surface area contributed by atoms with Crippen LogP contribution in [0, 0.1) is 11.3 Å². The fourth-order valence-corrected chi connectivity index (χ4v) is 1.98. The van der Waals surface area contributed by atoms with E-state index in [1.807, 2.05) is 0 Å². The smallest absolute Gasteiger partial charge is 0.146 e. The molecule has 1 rings (SSSR count). The second-order valence-corrected chi connectivity index (χ2v) is 4.54. The van der Waals surface area contributed by atoms with Crippen LogP contribution in [0.1, 0.15) is 40.5 Å². The van der Waals surface area contributed by atoms with E-state index >= 15 is 0 Å². The van der Waals surface area contributed by atoms with Crippen molar-refractivity contribution in [1.29, 1.82) is 0 Å². The molecule has 1 nitrogen and oxygen atoms in total. The summed E-state index contributed by atoms with van der Waals surface area (Å²) in [5.74, 6) is 0.596. The van der Waals surface area contributed by atoms with Crippen LogP contribution in [0.4, 0.5) is 0 Å². The van der Waals surface area contributed by atoms with Gasteiger partial charge in [0.25, 0.3) is 0 Å². The third-order valence-electron chi connectivity index (χ3n) is 3.21. The van der Waals surface area contributed by atoms with Gasteiger partial charge in [0, 0.05) is 0 Å². The zero-order valence-corrected chi connectivity index (χ0v) is 8.48. The van der Waals surface area contributed by atoms with Crippen molar-refractivity contribution in [3.05, 3.63) is 11.1 Å². The van der Waals surface area contributed by atoms with E-state index in [1.165, 1.54) is 12.0 Å². The molecule has 0 aromatic carbocycles. The summed E-state index contributed by atoms with van der Waals surface area (Å²) in [6.45, 7) is 8.61. The lowest BCUT2D eigenvalue weighted by Crippen LogP contribution is -2.24. The fraction of sp³-hybridized carbons (Fsp3) is 0.727. The third-order valence-corrected chi connectivity index (χ3v) is 3.21. The first-order valence-corrected chi connectivity index (χ1v) is 4.65. The first-order chi connectivity index (χ1) is 5.49. The summed E-state index contributed by atoms with van der Waals surface area (Å²) in [4.78, 5) is 10.9. The van der Waals surface area contributed by atoms with Crippen molar-refractivity contribution in [3.8, 4) is 0 Å². The van der Waals surface area contributed by atoms with E-state index in [9.17, 15) is 4.79 Å². The van der Waals surface area contributed by atoms with Gasteiger partial charge in [0.05, 0.1) is 0 Å². The van der Waals surface area contributed by atoms with Gasteiger partial charge in [0.2, 0.25) is 0 Å². The Morgan fingerprint density at radius 3 is 2.50 bits per heavy atom. The number of carbonyl (C=O) groups is 1.